The Morgan fingerprint density at radius 3 is 2.48 bits per heavy atom. The molecule has 0 saturated heterocycles. The number of hydrogen-bond donors (Lipinski definition) is 1. The summed E-state index contributed by atoms with van der Waals surface area (Å²) < 4.78 is 37.6. The van der Waals surface area contributed by atoms with Crippen molar-refractivity contribution in [2.45, 2.75) is 12.6 Å². The van der Waals surface area contributed by atoms with E-state index in [-0.39, 0.29) is 18.0 Å². The largest absolute Gasteiger partial charge is 0.507 e. The van der Waals surface area contributed by atoms with Crippen LogP contribution in [-0.4, -0.2) is 21.7 Å². The van der Waals surface area contributed by atoms with Crippen molar-refractivity contribution in [3.8, 4) is 5.75 Å². The quantitative estimate of drug-likeness (QED) is 0.925. The lowest BCUT2D eigenvalue weighted by Gasteiger charge is -2.11. The van der Waals surface area contributed by atoms with Crippen LogP contribution < -0.4 is 5.01 Å². The Hall–Kier alpha value is -2.90. The fourth-order valence-corrected chi connectivity index (χ4v) is 2.15. The molecule has 2 aromatic rings. The first-order chi connectivity index (χ1) is 10.9. The smallest absolute Gasteiger partial charge is 0.417 e. The third kappa shape index (κ3) is 2.87. The number of phenols is 1. The van der Waals surface area contributed by atoms with Crippen LogP contribution in [0.25, 0.3) is 0 Å². The van der Waals surface area contributed by atoms with E-state index in [1.165, 1.54) is 6.07 Å². The number of carbonyl (C=O) groups excluding carboxylic acids is 1. The number of anilines is 1. The SMILES string of the molecule is O=C1CC(c2ccccc2O)=NN1c1ccc(C(F)(F)F)cn1. The van der Waals surface area contributed by atoms with Gasteiger partial charge in [0.1, 0.15) is 5.75 Å². The van der Waals surface area contributed by atoms with Gasteiger partial charge in [-0.3, -0.25) is 4.79 Å². The maximum absolute atomic E-state index is 12.5. The standard InChI is InChI=1S/C15H10F3N3O2/c16-15(17,18)9-5-6-13(19-8-9)21-14(23)7-11(20-21)10-3-1-2-4-12(10)22/h1-6,8,22H,7H2. The van der Waals surface area contributed by atoms with Crippen LogP contribution in [0.2, 0.25) is 0 Å². The molecule has 1 amide bonds. The van der Waals surface area contributed by atoms with Crippen LogP contribution >= 0.6 is 0 Å². The van der Waals surface area contributed by atoms with Gasteiger partial charge in [-0.05, 0) is 24.3 Å². The number of amides is 1. The summed E-state index contributed by atoms with van der Waals surface area (Å²) in [5, 5.41) is 14.8. The molecule has 3 rings (SSSR count). The molecule has 23 heavy (non-hydrogen) atoms. The van der Waals surface area contributed by atoms with Gasteiger partial charge in [0.2, 0.25) is 0 Å². The summed E-state index contributed by atoms with van der Waals surface area (Å²) in [6, 6.07) is 8.29. The first-order valence-corrected chi connectivity index (χ1v) is 6.58. The molecule has 0 spiro atoms. The molecule has 1 aromatic carbocycles. The van der Waals surface area contributed by atoms with E-state index in [4.69, 9.17) is 0 Å². The summed E-state index contributed by atoms with van der Waals surface area (Å²) in [5.41, 5.74) is -0.178. The molecule has 1 aliphatic heterocycles. The van der Waals surface area contributed by atoms with Gasteiger partial charge < -0.3 is 5.11 Å². The summed E-state index contributed by atoms with van der Waals surface area (Å²) in [7, 11) is 0. The van der Waals surface area contributed by atoms with Gasteiger partial charge in [0.25, 0.3) is 5.91 Å². The van der Waals surface area contributed by atoms with E-state index >= 15 is 0 Å². The molecule has 1 aliphatic rings. The predicted octanol–water partition coefficient (Wildman–Crippen LogP) is 2.95. The second kappa shape index (κ2) is 5.38. The zero-order valence-electron chi connectivity index (χ0n) is 11.6. The summed E-state index contributed by atoms with van der Waals surface area (Å²) >= 11 is 0. The van der Waals surface area contributed by atoms with Crippen LogP contribution in [0.5, 0.6) is 5.75 Å². The van der Waals surface area contributed by atoms with Crippen LogP contribution in [0.15, 0.2) is 47.7 Å². The zero-order valence-corrected chi connectivity index (χ0v) is 11.6. The number of carbonyl (C=O) groups is 1. The van der Waals surface area contributed by atoms with Crippen molar-refractivity contribution >= 4 is 17.4 Å². The van der Waals surface area contributed by atoms with E-state index in [1.54, 1.807) is 18.2 Å². The van der Waals surface area contributed by atoms with E-state index in [9.17, 15) is 23.1 Å². The molecular formula is C15H10F3N3O2. The lowest BCUT2D eigenvalue weighted by Crippen LogP contribution is -2.21. The van der Waals surface area contributed by atoms with Gasteiger partial charge in [0, 0.05) is 11.8 Å². The van der Waals surface area contributed by atoms with Crippen molar-refractivity contribution in [2.24, 2.45) is 5.10 Å². The van der Waals surface area contributed by atoms with Crippen LogP contribution in [0.1, 0.15) is 17.5 Å². The highest BCUT2D eigenvalue weighted by Gasteiger charge is 2.32. The molecular weight excluding hydrogens is 311 g/mol. The third-order valence-corrected chi connectivity index (χ3v) is 3.28. The number of hydrazone groups is 1. The minimum atomic E-state index is -4.50. The Labute approximate surface area is 128 Å². The molecule has 1 N–H and O–H groups in total. The molecule has 2 heterocycles. The second-order valence-corrected chi connectivity index (χ2v) is 4.85. The van der Waals surface area contributed by atoms with E-state index < -0.39 is 17.6 Å². The Balaban J connectivity index is 1.92. The number of halogens is 3. The molecule has 5 nitrogen and oxygen atoms in total. The van der Waals surface area contributed by atoms with Gasteiger partial charge in [-0.1, -0.05) is 12.1 Å². The summed E-state index contributed by atoms with van der Waals surface area (Å²) in [4.78, 5) is 15.7. The monoisotopic (exact) mass is 321 g/mol. The second-order valence-electron chi connectivity index (χ2n) is 4.85. The predicted molar refractivity (Wildman–Crippen MR) is 76.0 cm³/mol. The van der Waals surface area contributed by atoms with Gasteiger partial charge in [0.15, 0.2) is 5.82 Å². The number of para-hydroxylation sites is 1. The topological polar surface area (TPSA) is 65.8 Å². The molecule has 8 heteroatoms. The lowest BCUT2D eigenvalue weighted by atomic mass is 10.1. The molecule has 0 bridgehead atoms. The molecule has 118 valence electrons. The number of nitrogens with zero attached hydrogens (tertiary/aromatic N) is 3. The number of benzene rings is 1. The van der Waals surface area contributed by atoms with Crippen molar-refractivity contribution in [1.29, 1.82) is 0 Å². The average molecular weight is 321 g/mol. The molecule has 0 fully saturated rings. The summed E-state index contributed by atoms with van der Waals surface area (Å²) in [6.07, 6.45) is -3.92. The lowest BCUT2D eigenvalue weighted by molar-refractivity contribution is -0.137. The highest BCUT2D eigenvalue weighted by Crippen LogP contribution is 2.30. The Morgan fingerprint density at radius 1 is 1.13 bits per heavy atom. The molecule has 0 radical (unpaired) electrons. The molecule has 0 saturated carbocycles. The number of aromatic nitrogens is 1. The van der Waals surface area contributed by atoms with Gasteiger partial charge in [0.05, 0.1) is 17.7 Å². The number of aromatic hydroxyl groups is 1. The van der Waals surface area contributed by atoms with Gasteiger partial charge >= 0.3 is 6.18 Å². The van der Waals surface area contributed by atoms with E-state index in [0.717, 1.165) is 17.1 Å². The number of phenolic OH excluding ortho intramolecular Hbond substituents is 1. The normalized spacial score (nSPS) is 15.0. The molecule has 0 aliphatic carbocycles. The number of pyridine rings is 1. The average Bonchev–Trinajstić information content (AvgIpc) is 2.89. The van der Waals surface area contributed by atoms with Gasteiger partial charge in [-0.25, -0.2) is 4.98 Å². The highest BCUT2D eigenvalue weighted by molar-refractivity contribution is 6.19. The van der Waals surface area contributed by atoms with Crippen LogP contribution in [0.4, 0.5) is 19.0 Å². The third-order valence-electron chi connectivity index (χ3n) is 3.28. The first-order valence-electron chi connectivity index (χ1n) is 6.58. The maximum Gasteiger partial charge on any atom is 0.417 e. The Morgan fingerprint density at radius 2 is 1.87 bits per heavy atom. The zero-order chi connectivity index (χ0) is 16.6. The fourth-order valence-electron chi connectivity index (χ4n) is 2.15. The number of rotatable bonds is 2. The number of alkyl halides is 3. The minimum Gasteiger partial charge on any atom is -0.507 e. The highest BCUT2D eigenvalue weighted by atomic mass is 19.4. The van der Waals surface area contributed by atoms with Crippen LogP contribution in [0.3, 0.4) is 0 Å². The Kier molecular flexibility index (Phi) is 3.51. The molecule has 1 aromatic heterocycles. The fraction of sp³-hybridized carbons (Fsp3) is 0.133. The van der Waals surface area contributed by atoms with E-state index in [0.29, 0.717) is 17.5 Å². The van der Waals surface area contributed by atoms with Crippen molar-refractivity contribution in [1.82, 2.24) is 4.98 Å². The van der Waals surface area contributed by atoms with Crippen LogP contribution in [-0.2, 0) is 11.0 Å². The van der Waals surface area contributed by atoms with Gasteiger partial charge in [-0.2, -0.15) is 23.3 Å². The van der Waals surface area contributed by atoms with Gasteiger partial charge in [-0.15, -0.1) is 0 Å². The number of hydrogen-bond acceptors (Lipinski definition) is 4. The summed E-state index contributed by atoms with van der Waals surface area (Å²) in [6.45, 7) is 0. The van der Waals surface area contributed by atoms with Crippen molar-refractivity contribution in [3.63, 3.8) is 0 Å². The minimum absolute atomic E-state index is 0.00609. The maximum atomic E-state index is 12.5. The van der Waals surface area contributed by atoms with Crippen molar-refractivity contribution in [2.75, 3.05) is 5.01 Å². The summed E-state index contributed by atoms with van der Waals surface area (Å²) in [5.74, 6) is -0.467. The van der Waals surface area contributed by atoms with Crippen molar-refractivity contribution < 1.29 is 23.1 Å². The Bertz CT molecular complexity index is 785. The van der Waals surface area contributed by atoms with Crippen LogP contribution in [0, 0.1) is 0 Å². The first kappa shape index (κ1) is 15.0. The van der Waals surface area contributed by atoms with E-state index in [1.807, 2.05) is 0 Å². The van der Waals surface area contributed by atoms with E-state index in [2.05, 4.69) is 10.1 Å². The van der Waals surface area contributed by atoms with Crippen molar-refractivity contribution in [3.05, 3.63) is 53.7 Å². The molecule has 0 atom stereocenters. The molecule has 0 unspecified atom stereocenters.